The Morgan fingerprint density at radius 1 is 1.16 bits per heavy atom. The summed E-state index contributed by atoms with van der Waals surface area (Å²) in [7, 11) is 0. The minimum absolute atomic E-state index is 0.0990. The molecular weight excluding hydrogens is 250 g/mol. The van der Waals surface area contributed by atoms with Crippen LogP contribution in [0, 0.1) is 0 Å². The van der Waals surface area contributed by atoms with Crippen molar-refractivity contribution >= 4 is 17.9 Å². The lowest BCUT2D eigenvalue weighted by atomic mass is 10.0. The Hall–Kier alpha value is -1.79. The van der Waals surface area contributed by atoms with Crippen molar-refractivity contribution in [2.45, 2.75) is 44.2 Å². The summed E-state index contributed by atoms with van der Waals surface area (Å²) in [5, 5.41) is 14.3. The molecule has 1 aliphatic heterocycles. The minimum Gasteiger partial charge on any atom is -0.480 e. The molecule has 3 amide bonds. The number of urea groups is 1. The van der Waals surface area contributed by atoms with E-state index in [1.807, 2.05) is 0 Å². The number of rotatable bonds is 4. The maximum Gasteiger partial charge on any atom is 0.326 e. The maximum atomic E-state index is 11.9. The highest BCUT2D eigenvalue weighted by Gasteiger charge is 2.32. The van der Waals surface area contributed by atoms with Gasteiger partial charge in [-0.05, 0) is 32.1 Å². The second-order valence-electron chi connectivity index (χ2n) is 5.04. The monoisotopic (exact) mass is 269 g/mol. The Morgan fingerprint density at radius 3 is 2.53 bits per heavy atom. The molecular formula is C12H19N3O4. The van der Waals surface area contributed by atoms with Gasteiger partial charge < -0.3 is 20.6 Å². The highest BCUT2D eigenvalue weighted by molar-refractivity contribution is 5.87. The van der Waals surface area contributed by atoms with E-state index in [2.05, 4.69) is 10.6 Å². The fraction of sp³-hybridized carbons (Fsp3) is 0.750. The molecule has 0 bridgehead atoms. The summed E-state index contributed by atoms with van der Waals surface area (Å²) >= 11 is 0. The van der Waals surface area contributed by atoms with Crippen molar-refractivity contribution in [1.82, 2.24) is 15.5 Å². The van der Waals surface area contributed by atoms with E-state index in [0.29, 0.717) is 13.0 Å². The number of carbonyl (C=O) groups is 3. The first-order chi connectivity index (χ1) is 9.08. The zero-order valence-corrected chi connectivity index (χ0v) is 10.7. The lowest BCUT2D eigenvalue weighted by Gasteiger charge is -2.32. The van der Waals surface area contributed by atoms with E-state index in [0.717, 1.165) is 25.7 Å². The van der Waals surface area contributed by atoms with Crippen molar-refractivity contribution in [3.8, 4) is 0 Å². The van der Waals surface area contributed by atoms with Crippen molar-refractivity contribution in [1.29, 1.82) is 0 Å². The zero-order chi connectivity index (χ0) is 13.8. The highest BCUT2D eigenvalue weighted by atomic mass is 16.4. The van der Waals surface area contributed by atoms with E-state index in [9.17, 15) is 14.4 Å². The molecule has 1 heterocycles. The van der Waals surface area contributed by atoms with Crippen molar-refractivity contribution in [2.24, 2.45) is 0 Å². The van der Waals surface area contributed by atoms with Gasteiger partial charge in [-0.2, -0.15) is 0 Å². The summed E-state index contributed by atoms with van der Waals surface area (Å²) in [6.45, 7) is 0.325. The number of carbonyl (C=O) groups excluding carboxylic acids is 2. The van der Waals surface area contributed by atoms with Gasteiger partial charge in [0.05, 0.1) is 6.54 Å². The second-order valence-corrected chi connectivity index (χ2v) is 5.04. The van der Waals surface area contributed by atoms with Gasteiger partial charge in [-0.3, -0.25) is 4.79 Å². The van der Waals surface area contributed by atoms with Crippen LogP contribution < -0.4 is 10.6 Å². The number of hydrogen-bond donors (Lipinski definition) is 3. The van der Waals surface area contributed by atoms with Gasteiger partial charge in [0.2, 0.25) is 5.91 Å². The first-order valence-corrected chi connectivity index (χ1v) is 6.64. The van der Waals surface area contributed by atoms with Gasteiger partial charge in [0.15, 0.2) is 0 Å². The molecule has 19 heavy (non-hydrogen) atoms. The molecule has 3 N–H and O–H groups in total. The zero-order valence-electron chi connectivity index (χ0n) is 10.7. The molecule has 0 spiro atoms. The fourth-order valence-corrected chi connectivity index (χ4v) is 2.20. The molecule has 1 unspecified atom stereocenters. The minimum atomic E-state index is -0.989. The Bertz CT molecular complexity index is 381. The topological polar surface area (TPSA) is 98.7 Å². The second kappa shape index (κ2) is 5.90. The predicted octanol–water partition coefficient (Wildman–Crippen LogP) is -0.0863. The summed E-state index contributed by atoms with van der Waals surface area (Å²) in [6, 6.07) is -0.996. The van der Waals surface area contributed by atoms with Gasteiger partial charge in [-0.25, -0.2) is 9.59 Å². The van der Waals surface area contributed by atoms with Crippen LogP contribution in [0.4, 0.5) is 4.79 Å². The standard InChI is InChI=1S/C12H19N3O4/c16-10(14-8-4-5-8)7-13-12(19)15-6-2-1-3-9(15)11(17)18/h8-9H,1-7H2,(H,13,19)(H,14,16)(H,17,18). The molecule has 1 saturated heterocycles. The smallest absolute Gasteiger partial charge is 0.326 e. The van der Waals surface area contributed by atoms with E-state index in [-0.39, 0.29) is 18.5 Å². The first kappa shape index (κ1) is 13.6. The molecule has 0 radical (unpaired) electrons. The van der Waals surface area contributed by atoms with Gasteiger partial charge in [0.25, 0.3) is 0 Å². The normalized spacial score (nSPS) is 22.7. The molecule has 0 aromatic heterocycles. The lowest BCUT2D eigenvalue weighted by Crippen LogP contribution is -2.53. The Kier molecular flexibility index (Phi) is 4.24. The van der Waals surface area contributed by atoms with Gasteiger partial charge in [0.1, 0.15) is 6.04 Å². The fourth-order valence-electron chi connectivity index (χ4n) is 2.20. The van der Waals surface area contributed by atoms with Crippen LogP contribution in [0.25, 0.3) is 0 Å². The third-order valence-corrected chi connectivity index (χ3v) is 3.39. The third kappa shape index (κ3) is 3.84. The number of amides is 3. The highest BCUT2D eigenvalue weighted by Crippen LogP contribution is 2.18. The number of likely N-dealkylation sites (tertiary alicyclic amines) is 1. The molecule has 0 aromatic rings. The summed E-state index contributed by atoms with van der Waals surface area (Å²) in [6.07, 6.45) is 4.06. The maximum absolute atomic E-state index is 11.9. The summed E-state index contributed by atoms with van der Waals surface area (Å²) in [4.78, 5) is 35.7. The summed E-state index contributed by atoms with van der Waals surface area (Å²) in [5.74, 6) is -1.21. The average molecular weight is 269 g/mol. The van der Waals surface area contributed by atoms with Gasteiger partial charge in [0, 0.05) is 12.6 Å². The molecule has 106 valence electrons. The van der Waals surface area contributed by atoms with Crippen LogP contribution in [-0.4, -0.2) is 53.1 Å². The SMILES string of the molecule is O=C(CNC(=O)N1CCCCC1C(=O)O)NC1CC1. The van der Waals surface area contributed by atoms with Gasteiger partial charge >= 0.3 is 12.0 Å². The Labute approximate surface area is 111 Å². The molecule has 2 aliphatic rings. The first-order valence-electron chi connectivity index (χ1n) is 6.64. The van der Waals surface area contributed by atoms with Crippen molar-refractivity contribution in [3.05, 3.63) is 0 Å². The Balaban J connectivity index is 1.79. The molecule has 0 aromatic carbocycles. The molecule has 1 aliphatic carbocycles. The third-order valence-electron chi connectivity index (χ3n) is 3.39. The van der Waals surface area contributed by atoms with Crippen LogP contribution in [0.15, 0.2) is 0 Å². The average Bonchev–Trinajstić information content (AvgIpc) is 3.19. The van der Waals surface area contributed by atoms with Crippen LogP contribution in [-0.2, 0) is 9.59 Å². The van der Waals surface area contributed by atoms with Crippen molar-refractivity contribution in [2.75, 3.05) is 13.1 Å². The van der Waals surface area contributed by atoms with Gasteiger partial charge in [-0.15, -0.1) is 0 Å². The van der Waals surface area contributed by atoms with Crippen LogP contribution in [0.2, 0.25) is 0 Å². The van der Waals surface area contributed by atoms with Crippen LogP contribution in [0.5, 0.6) is 0 Å². The number of nitrogens with one attached hydrogen (secondary N) is 2. The van der Waals surface area contributed by atoms with Crippen LogP contribution in [0.3, 0.4) is 0 Å². The van der Waals surface area contributed by atoms with E-state index in [1.165, 1.54) is 4.90 Å². The molecule has 7 heteroatoms. The van der Waals surface area contributed by atoms with E-state index >= 15 is 0 Å². The van der Waals surface area contributed by atoms with E-state index in [4.69, 9.17) is 5.11 Å². The number of nitrogens with zero attached hydrogens (tertiary/aromatic N) is 1. The van der Waals surface area contributed by atoms with E-state index in [1.54, 1.807) is 0 Å². The van der Waals surface area contributed by atoms with Crippen molar-refractivity contribution in [3.63, 3.8) is 0 Å². The molecule has 2 fully saturated rings. The number of carboxylic acids is 1. The molecule has 1 atom stereocenters. The van der Waals surface area contributed by atoms with E-state index < -0.39 is 18.0 Å². The molecule has 1 saturated carbocycles. The van der Waals surface area contributed by atoms with Crippen LogP contribution in [0.1, 0.15) is 32.1 Å². The summed E-state index contributed by atoms with van der Waals surface area (Å²) in [5.41, 5.74) is 0. The molecule has 7 nitrogen and oxygen atoms in total. The van der Waals surface area contributed by atoms with Crippen LogP contribution >= 0.6 is 0 Å². The largest absolute Gasteiger partial charge is 0.480 e. The Morgan fingerprint density at radius 2 is 1.89 bits per heavy atom. The predicted molar refractivity (Wildman–Crippen MR) is 66.5 cm³/mol. The van der Waals surface area contributed by atoms with Crippen molar-refractivity contribution < 1.29 is 19.5 Å². The number of carboxylic acid groups (broad SMARTS) is 1. The molecule has 2 rings (SSSR count). The number of piperidine rings is 1. The number of aliphatic carboxylic acids is 1. The number of hydrogen-bond acceptors (Lipinski definition) is 3. The quantitative estimate of drug-likeness (QED) is 0.664. The van der Waals surface area contributed by atoms with Gasteiger partial charge in [-0.1, -0.05) is 0 Å². The lowest BCUT2D eigenvalue weighted by molar-refractivity contribution is -0.143. The summed E-state index contributed by atoms with van der Waals surface area (Å²) < 4.78 is 0.